The maximum absolute atomic E-state index is 12.8. The van der Waals surface area contributed by atoms with Gasteiger partial charge >= 0.3 is 6.03 Å². The van der Waals surface area contributed by atoms with Crippen LogP contribution in [0.3, 0.4) is 0 Å². The zero-order valence-corrected chi connectivity index (χ0v) is 19.1. The summed E-state index contributed by atoms with van der Waals surface area (Å²) in [6, 6.07) is 10.6. The summed E-state index contributed by atoms with van der Waals surface area (Å²) >= 11 is 1.20. The summed E-state index contributed by atoms with van der Waals surface area (Å²) < 4.78 is 33.1. The van der Waals surface area contributed by atoms with E-state index in [2.05, 4.69) is 23.9 Å². The van der Waals surface area contributed by atoms with E-state index in [-0.39, 0.29) is 24.0 Å². The summed E-state index contributed by atoms with van der Waals surface area (Å²) in [6.45, 7) is 5.16. The Morgan fingerprint density at radius 3 is 2.37 bits per heavy atom. The lowest BCUT2D eigenvalue weighted by Crippen LogP contribution is -2.50. The summed E-state index contributed by atoms with van der Waals surface area (Å²) in [5.41, 5.74) is 1.03. The van der Waals surface area contributed by atoms with Crippen molar-refractivity contribution in [2.75, 3.05) is 20.2 Å². The highest BCUT2D eigenvalue weighted by Crippen LogP contribution is 2.25. The van der Waals surface area contributed by atoms with Crippen LogP contribution in [0.4, 0.5) is 4.79 Å². The van der Waals surface area contributed by atoms with Crippen molar-refractivity contribution in [1.82, 2.24) is 14.9 Å². The minimum atomic E-state index is -3.49. The van der Waals surface area contributed by atoms with Gasteiger partial charge in [0.25, 0.3) is 0 Å². The minimum Gasteiger partial charge on any atom is -0.497 e. The van der Waals surface area contributed by atoms with Crippen LogP contribution in [0, 0.1) is 5.92 Å². The number of benzene rings is 1. The Balaban J connectivity index is 1.56. The van der Waals surface area contributed by atoms with Crippen LogP contribution in [0.1, 0.15) is 38.3 Å². The van der Waals surface area contributed by atoms with E-state index in [1.807, 2.05) is 24.3 Å². The third kappa shape index (κ3) is 5.53. The van der Waals surface area contributed by atoms with Gasteiger partial charge in [0.2, 0.25) is 10.0 Å². The fourth-order valence-electron chi connectivity index (χ4n) is 3.56. The topological polar surface area (TPSA) is 87.7 Å². The number of rotatable bonds is 7. The van der Waals surface area contributed by atoms with Crippen LogP contribution in [0.25, 0.3) is 0 Å². The molecule has 0 radical (unpaired) electrons. The third-order valence-corrected chi connectivity index (χ3v) is 8.20. The maximum atomic E-state index is 12.8. The lowest BCUT2D eigenvalue weighted by Gasteiger charge is -2.34. The van der Waals surface area contributed by atoms with Gasteiger partial charge in [0.1, 0.15) is 9.96 Å². The number of hydrogen-bond donors (Lipinski definition) is 2. The Morgan fingerprint density at radius 2 is 1.83 bits per heavy atom. The van der Waals surface area contributed by atoms with E-state index in [9.17, 15) is 13.2 Å². The third-order valence-electron chi connectivity index (χ3n) is 5.28. The summed E-state index contributed by atoms with van der Waals surface area (Å²) in [7, 11) is -1.86. The van der Waals surface area contributed by atoms with Gasteiger partial charge in [-0.2, -0.15) is 0 Å². The molecule has 1 aliphatic heterocycles. The van der Waals surface area contributed by atoms with E-state index in [0.29, 0.717) is 30.1 Å². The first kappa shape index (κ1) is 22.6. The molecule has 0 aliphatic carbocycles. The van der Waals surface area contributed by atoms with Crippen molar-refractivity contribution in [2.24, 2.45) is 5.92 Å². The molecule has 164 valence electrons. The van der Waals surface area contributed by atoms with E-state index in [4.69, 9.17) is 4.74 Å². The van der Waals surface area contributed by atoms with Crippen LogP contribution in [0.5, 0.6) is 5.75 Å². The maximum Gasteiger partial charge on any atom is 0.317 e. The second-order valence-corrected chi connectivity index (χ2v) is 10.6. The number of nitrogens with zero attached hydrogens (tertiary/aromatic N) is 1. The molecule has 3 rings (SSSR count). The number of piperidine rings is 1. The van der Waals surface area contributed by atoms with Crippen molar-refractivity contribution in [3.05, 3.63) is 47.3 Å². The molecular weight excluding hydrogens is 422 g/mol. The number of carbonyl (C=O) groups is 1. The fraction of sp³-hybridized carbons (Fsp3) is 0.476. The molecular formula is C21H29N3O4S2. The zero-order valence-electron chi connectivity index (χ0n) is 17.5. The second kappa shape index (κ2) is 9.80. The van der Waals surface area contributed by atoms with Gasteiger partial charge in [-0.25, -0.2) is 17.9 Å². The Bertz CT molecular complexity index is 920. The first-order valence-corrected chi connectivity index (χ1v) is 12.4. The molecule has 0 spiro atoms. The molecule has 7 nitrogen and oxygen atoms in total. The van der Waals surface area contributed by atoms with Gasteiger partial charge in [-0.05, 0) is 47.9 Å². The predicted octanol–water partition coefficient (Wildman–Crippen LogP) is 3.61. The van der Waals surface area contributed by atoms with E-state index in [1.165, 1.54) is 11.3 Å². The molecule has 0 saturated carbocycles. The number of thiophene rings is 1. The van der Waals surface area contributed by atoms with Crippen molar-refractivity contribution >= 4 is 27.4 Å². The number of methoxy groups -OCH3 is 1. The van der Waals surface area contributed by atoms with Gasteiger partial charge < -0.3 is 15.0 Å². The van der Waals surface area contributed by atoms with E-state index in [1.54, 1.807) is 29.5 Å². The lowest BCUT2D eigenvalue weighted by atomic mass is 9.96. The summed E-state index contributed by atoms with van der Waals surface area (Å²) in [6.07, 6.45) is 1.18. The predicted molar refractivity (Wildman–Crippen MR) is 118 cm³/mol. The number of carbonyl (C=O) groups excluding carboxylic acids is 1. The largest absolute Gasteiger partial charge is 0.497 e. The standard InChI is InChI=1S/C21H29N3O4S2/c1-15(2)20(16-6-8-18(28-3)9-7-16)22-21(25)24-12-10-17(11-13-24)23-30(26,27)19-5-4-14-29-19/h4-9,14-15,17,20,23H,10-13H2,1-3H3,(H,22,25). The van der Waals surface area contributed by atoms with Gasteiger partial charge in [0.05, 0.1) is 13.2 Å². The van der Waals surface area contributed by atoms with E-state index in [0.717, 1.165) is 11.3 Å². The molecule has 1 aromatic heterocycles. The fourth-order valence-corrected chi connectivity index (χ4v) is 5.88. The molecule has 1 saturated heterocycles. The van der Waals surface area contributed by atoms with Crippen LogP contribution in [-0.2, 0) is 10.0 Å². The Labute approximate surface area is 182 Å². The molecule has 1 aliphatic rings. The summed E-state index contributed by atoms with van der Waals surface area (Å²) in [5, 5.41) is 4.88. The van der Waals surface area contributed by atoms with Crippen molar-refractivity contribution in [3.8, 4) is 5.75 Å². The minimum absolute atomic E-state index is 0.113. The highest BCUT2D eigenvalue weighted by atomic mass is 32.2. The number of hydrogen-bond acceptors (Lipinski definition) is 5. The Kier molecular flexibility index (Phi) is 7.38. The number of sulfonamides is 1. The first-order chi connectivity index (χ1) is 14.3. The summed E-state index contributed by atoms with van der Waals surface area (Å²) in [4.78, 5) is 14.6. The molecule has 1 atom stereocenters. The molecule has 2 amide bonds. The van der Waals surface area contributed by atoms with Gasteiger partial charge in [0, 0.05) is 19.1 Å². The van der Waals surface area contributed by atoms with Crippen molar-refractivity contribution < 1.29 is 17.9 Å². The van der Waals surface area contributed by atoms with E-state index < -0.39 is 10.0 Å². The number of amides is 2. The zero-order chi connectivity index (χ0) is 21.7. The van der Waals surface area contributed by atoms with Crippen LogP contribution in [0.2, 0.25) is 0 Å². The highest BCUT2D eigenvalue weighted by molar-refractivity contribution is 7.91. The molecule has 1 unspecified atom stereocenters. The number of likely N-dealkylation sites (tertiary alicyclic amines) is 1. The van der Waals surface area contributed by atoms with Crippen LogP contribution in [0.15, 0.2) is 46.0 Å². The second-order valence-electron chi connectivity index (χ2n) is 7.76. The molecule has 9 heteroatoms. The van der Waals surface area contributed by atoms with Gasteiger partial charge in [-0.1, -0.05) is 32.0 Å². The molecule has 1 fully saturated rings. The molecule has 2 heterocycles. The smallest absolute Gasteiger partial charge is 0.317 e. The highest BCUT2D eigenvalue weighted by Gasteiger charge is 2.28. The normalized spacial score (nSPS) is 16.5. The van der Waals surface area contributed by atoms with Crippen molar-refractivity contribution in [2.45, 2.75) is 43.0 Å². The van der Waals surface area contributed by atoms with Gasteiger partial charge in [0.15, 0.2) is 0 Å². The Hall–Kier alpha value is -2.10. The molecule has 1 aromatic carbocycles. The van der Waals surface area contributed by atoms with Crippen LogP contribution in [-0.4, -0.2) is 45.6 Å². The monoisotopic (exact) mass is 451 g/mol. The number of nitrogens with one attached hydrogen (secondary N) is 2. The van der Waals surface area contributed by atoms with Crippen LogP contribution < -0.4 is 14.8 Å². The number of ether oxygens (including phenoxy) is 1. The van der Waals surface area contributed by atoms with Crippen molar-refractivity contribution in [3.63, 3.8) is 0 Å². The molecule has 2 aromatic rings. The Morgan fingerprint density at radius 1 is 1.17 bits per heavy atom. The van der Waals surface area contributed by atoms with Gasteiger partial charge in [-0.15, -0.1) is 11.3 Å². The average Bonchev–Trinajstić information content (AvgIpc) is 3.28. The average molecular weight is 452 g/mol. The quantitative estimate of drug-likeness (QED) is 0.673. The SMILES string of the molecule is COc1ccc(C(NC(=O)N2CCC(NS(=O)(=O)c3cccs3)CC2)C(C)C)cc1. The first-order valence-electron chi connectivity index (χ1n) is 10.1. The molecule has 30 heavy (non-hydrogen) atoms. The van der Waals surface area contributed by atoms with Crippen molar-refractivity contribution in [1.29, 1.82) is 0 Å². The van der Waals surface area contributed by atoms with Gasteiger partial charge in [-0.3, -0.25) is 0 Å². The van der Waals surface area contributed by atoms with Crippen LogP contribution >= 0.6 is 11.3 Å². The summed E-state index contributed by atoms with van der Waals surface area (Å²) in [5.74, 6) is 0.997. The van der Waals surface area contributed by atoms with E-state index >= 15 is 0 Å². The lowest BCUT2D eigenvalue weighted by molar-refractivity contribution is 0.173. The molecule has 2 N–H and O–H groups in total. The number of urea groups is 1. The molecule has 0 bridgehead atoms.